The molecule has 5 nitrogen and oxygen atoms in total. The predicted octanol–water partition coefficient (Wildman–Crippen LogP) is 2.96. The topological polar surface area (TPSA) is 49.2 Å². The predicted molar refractivity (Wildman–Crippen MR) is 118 cm³/mol. The zero-order chi connectivity index (χ0) is 21.8. The van der Waals surface area contributed by atoms with E-state index in [1.54, 1.807) is 14.2 Å². The molecule has 5 heteroatoms. The molecule has 0 spiro atoms. The van der Waals surface area contributed by atoms with E-state index in [1.807, 2.05) is 0 Å². The lowest BCUT2D eigenvalue weighted by molar-refractivity contribution is -0.918. The Labute approximate surface area is 185 Å². The smallest absolute Gasteiger partial charge is 0.315 e. The molecule has 0 bridgehead atoms. The Balaban J connectivity index is 1.32. The molecular weight excluding hydrogens is 390 g/mol. The van der Waals surface area contributed by atoms with Crippen molar-refractivity contribution in [3.05, 3.63) is 35.4 Å². The second-order valence-corrected chi connectivity index (χ2v) is 10.5. The van der Waals surface area contributed by atoms with Crippen molar-refractivity contribution in [1.82, 2.24) is 0 Å². The second-order valence-electron chi connectivity index (χ2n) is 10.5. The van der Waals surface area contributed by atoms with Crippen molar-refractivity contribution in [2.24, 2.45) is 23.2 Å². The lowest BCUT2D eigenvalue weighted by Gasteiger charge is -2.50. The van der Waals surface area contributed by atoms with Gasteiger partial charge in [0.05, 0.1) is 27.3 Å². The maximum Gasteiger partial charge on any atom is 0.315 e. The van der Waals surface area contributed by atoms with Gasteiger partial charge in [0.1, 0.15) is 18.6 Å². The molecule has 1 aromatic rings. The second kappa shape index (κ2) is 7.84. The summed E-state index contributed by atoms with van der Waals surface area (Å²) in [6.07, 6.45) is 6.80. The van der Waals surface area contributed by atoms with E-state index in [-0.39, 0.29) is 23.4 Å². The summed E-state index contributed by atoms with van der Waals surface area (Å²) in [4.78, 5) is 14.4. The maximum absolute atomic E-state index is 12.9. The van der Waals surface area contributed by atoms with Gasteiger partial charge in [0.25, 0.3) is 0 Å². The van der Waals surface area contributed by atoms with Crippen LogP contribution in [0.15, 0.2) is 24.3 Å². The van der Waals surface area contributed by atoms with Crippen LogP contribution in [0, 0.1) is 23.2 Å². The number of fused-ring (bicyclic) bond motifs is 3. The molecule has 2 aliphatic heterocycles. The molecule has 1 unspecified atom stereocenters. The highest BCUT2D eigenvalue weighted by atomic mass is 16.6. The number of hydrogen-bond donors (Lipinski definition) is 1. The van der Waals surface area contributed by atoms with E-state index in [0.717, 1.165) is 56.8 Å². The number of methoxy groups -OCH3 is 2. The van der Waals surface area contributed by atoms with E-state index in [0.29, 0.717) is 11.8 Å². The number of nitrogens with one attached hydrogen (secondary N) is 1. The minimum atomic E-state index is 0.0148. The molecule has 2 heterocycles. The molecule has 168 valence electrons. The lowest BCUT2D eigenvalue weighted by Crippen LogP contribution is -3.12. The highest BCUT2D eigenvalue weighted by Gasteiger charge is 2.56. The molecule has 0 amide bonds. The van der Waals surface area contributed by atoms with Crippen LogP contribution in [0.5, 0.6) is 11.5 Å². The third-order valence-electron chi connectivity index (χ3n) is 8.72. The van der Waals surface area contributed by atoms with Crippen molar-refractivity contribution in [2.75, 3.05) is 27.3 Å². The summed E-state index contributed by atoms with van der Waals surface area (Å²) < 4.78 is 17.0. The van der Waals surface area contributed by atoms with Gasteiger partial charge < -0.3 is 19.1 Å². The van der Waals surface area contributed by atoms with Crippen LogP contribution in [-0.4, -0.2) is 39.4 Å². The van der Waals surface area contributed by atoms with Crippen LogP contribution >= 0.6 is 0 Å². The molecule has 2 saturated carbocycles. The average Bonchev–Trinajstić information content (AvgIpc) is 3.04. The summed E-state index contributed by atoms with van der Waals surface area (Å²) in [5, 5.41) is 0. The van der Waals surface area contributed by atoms with Crippen molar-refractivity contribution in [1.29, 1.82) is 0 Å². The standard InChI is InChI=1S/C26H35NO4/c1-16-6-5-8-26(2)13-24-19(12-21(16)26)20(25(28)31-24)15-27-9-7-17-10-22(29-3)23(30-4)11-18(17)14-27/h10-11,19-21,24H,1,5-9,12-15H2,2-4H3/p+1/t19-,20-,21+,24-,26-/m1/s1. The summed E-state index contributed by atoms with van der Waals surface area (Å²) in [5.41, 5.74) is 4.31. The van der Waals surface area contributed by atoms with Gasteiger partial charge in [0.2, 0.25) is 0 Å². The lowest BCUT2D eigenvalue weighted by atomic mass is 9.55. The van der Waals surface area contributed by atoms with Crippen molar-refractivity contribution >= 4 is 5.97 Å². The van der Waals surface area contributed by atoms with E-state index in [4.69, 9.17) is 14.2 Å². The SMILES string of the molecule is C=C1CCC[C@]2(C)C[C@H]3OC(=O)[C@H](C[NH+]4CCc5cc(OC)c(OC)cc5C4)[C@H]3C[C@@H]12. The number of benzene rings is 1. The van der Waals surface area contributed by atoms with Crippen LogP contribution < -0.4 is 14.4 Å². The summed E-state index contributed by atoms with van der Waals surface area (Å²) in [6, 6.07) is 4.22. The first kappa shape index (κ1) is 20.9. The van der Waals surface area contributed by atoms with Gasteiger partial charge in [-0.05, 0) is 61.1 Å². The van der Waals surface area contributed by atoms with Gasteiger partial charge >= 0.3 is 5.97 Å². The van der Waals surface area contributed by atoms with Crippen LogP contribution in [0.25, 0.3) is 0 Å². The first-order valence-corrected chi connectivity index (χ1v) is 11.9. The number of carbonyl (C=O) groups is 1. The van der Waals surface area contributed by atoms with Gasteiger partial charge in [0.15, 0.2) is 11.5 Å². The van der Waals surface area contributed by atoms with Crippen molar-refractivity contribution < 1.29 is 23.9 Å². The molecule has 6 atom stereocenters. The van der Waals surface area contributed by atoms with Gasteiger partial charge in [-0.2, -0.15) is 0 Å². The Morgan fingerprint density at radius 2 is 1.94 bits per heavy atom. The molecule has 1 N–H and O–H groups in total. The van der Waals surface area contributed by atoms with Crippen molar-refractivity contribution in [2.45, 2.75) is 58.1 Å². The monoisotopic (exact) mass is 426 g/mol. The first-order chi connectivity index (χ1) is 14.9. The maximum atomic E-state index is 12.9. The Morgan fingerprint density at radius 3 is 2.68 bits per heavy atom. The molecule has 31 heavy (non-hydrogen) atoms. The number of ether oxygens (including phenoxy) is 3. The van der Waals surface area contributed by atoms with Crippen LogP contribution in [0.4, 0.5) is 0 Å². The van der Waals surface area contributed by atoms with Gasteiger partial charge in [-0.1, -0.05) is 19.1 Å². The van der Waals surface area contributed by atoms with Gasteiger partial charge in [-0.3, -0.25) is 4.79 Å². The largest absolute Gasteiger partial charge is 0.493 e. The number of quaternary nitrogens is 1. The van der Waals surface area contributed by atoms with Gasteiger partial charge in [0, 0.05) is 17.9 Å². The fourth-order valence-corrected chi connectivity index (χ4v) is 7.00. The molecule has 1 saturated heterocycles. The van der Waals surface area contributed by atoms with Crippen molar-refractivity contribution in [3.8, 4) is 11.5 Å². The van der Waals surface area contributed by atoms with Crippen molar-refractivity contribution in [3.63, 3.8) is 0 Å². The minimum absolute atomic E-state index is 0.0148. The minimum Gasteiger partial charge on any atom is -0.493 e. The number of allylic oxidation sites excluding steroid dienone is 1. The Bertz CT molecular complexity index is 896. The fourth-order valence-electron chi connectivity index (χ4n) is 7.00. The fraction of sp³-hybridized carbons (Fsp3) is 0.654. The van der Waals surface area contributed by atoms with Crippen LogP contribution in [-0.2, 0) is 22.5 Å². The van der Waals surface area contributed by atoms with Crippen LogP contribution in [0.3, 0.4) is 0 Å². The van der Waals surface area contributed by atoms with E-state index >= 15 is 0 Å². The van der Waals surface area contributed by atoms with E-state index in [1.165, 1.54) is 34.4 Å². The quantitative estimate of drug-likeness (QED) is 0.594. The third kappa shape index (κ3) is 3.55. The zero-order valence-corrected chi connectivity index (χ0v) is 19.2. The number of esters is 1. The van der Waals surface area contributed by atoms with Crippen LogP contribution in [0.2, 0.25) is 0 Å². The normalized spacial score (nSPS) is 36.8. The number of carbonyl (C=O) groups excluding carboxylic acids is 1. The summed E-state index contributed by atoms with van der Waals surface area (Å²) >= 11 is 0. The van der Waals surface area contributed by atoms with E-state index in [9.17, 15) is 4.79 Å². The van der Waals surface area contributed by atoms with E-state index < -0.39 is 0 Å². The average molecular weight is 427 g/mol. The molecule has 0 radical (unpaired) electrons. The highest BCUT2D eigenvalue weighted by molar-refractivity contribution is 5.75. The Morgan fingerprint density at radius 1 is 1.19 bits per heavy atom. The number of hydrogen-bond acceptors (Lipinski definition) is 4. The molecule has 4 aliphatic rings. The summed E-state index contributed by atoms with van der Waals surface area (Å²) in [7, 11) is 3.37. The summed E-state index contributed by atoms with van der Waals surface area (Å²) in [6.45, 7) is 9.64. The van der Waals surface area contributed by atoms with E-state index in [2.05, 4.69) is 25.6 Å². The molecule has 2 aliphatic carbocycles. The Kier molecular flexibility index (Phi) is 5.28. The Hall–Kier alpha value is -2.01. The molecular formula is C26H36NO4+. The molecule has 5 rings (SSSR count). The highest BCUT2D eigenvalue weighted by Crippen LogP contribution is 2.56. The third-order valence-corrected chi connectivity index (χ3v) is 8.72. The van der Waals surface area contributed by atoms with Gasteiger partial charge in [-0.25, -0.2) is 0 Å². The molecule has 3 fully saturated rings. The molecule has 0 aromatic heterocycles. The summed E-state index contributed by atoms with van der Waals surface area (Å²) in [5.74, 6) is 2.53. The van der Waals surface area contributed by atoms with Crippen LogP contribution in [0.1, 0.15) is 50.2 Å². The zero-order valence-electron chi connectivity index (χ0n) is 19.2. The van der Waals surface area contributed by atoms with Gasteiger partial charge in [-0.15, -0.1) is 0 Å². The molecule has 1 aromatic carbocycles. The number of rotatable bonds is 4. The first-order valence-electron chi connectivity index (χ1n) is 11.9.